The number of piperidine rings is 1. The zero-order valence-corrected chi connectivity index (χ0v) is 17.3. The van der Waals surface area contributed by atoms with Crippen molar-refractivity contribution < 1.29 is 17.9 Å². The number of nitrogens with zero attached hydrogens (tertiary/aromatic N) is 2. The van der Waals surface area contributed by atoms with Crippen LogP contribution in [0.4, 0.5) is 0 Å². The highest BCUT2D eigenvalue weighted by atomic mass is 79.9. The molecule has 3 aliphatic rings. The molecule has 1 amide bonds. The van der Waals surface area contributed by atoms with E-state index in [1.807, 2.05) is 11.8 Å². The van der Waals surface area contributed by atoms with Crippen molar-refractivity contribution in [1.82, 2.24) is 9.21 Å². The van der Waals surface area contributed by atoms with Crippen molar-refractivity contribution >= 4 is 43.2 Å². The van der Waals surface area contributed by atoms with E-state index >= 15 is 0 Å². The lowest BCUT2D eigenvalue weighted by atomic mass is 9.90. The molecule has 2 aliphatic heterocycles. The van der Waals surface area contributed by atoms with E-state index in [4.69, 9.17) is 4.74 Å². The second-order valence-electron chi connectivity index (χ2n) is 7.15. The van der Waals surface area contributed by atoms with E-state index in [0.717, 1.165) is 22.2 Å². The van der Waals surface area contributed by atoms with Gasteiger partial charge in [0.25, 0.3) is 10.0 Å². The first-order valence-electron chi connectivity index (χ1n) is 8.50. The van der Waals surface area contributed by atoms with Crippen LogP contribution < -0.4 is 0 Å². The van der Waals surface area contributed by atoms with Crippen molar-refractivity contribution in [3.8, 4) is 0 Å². The monoisotopic (exact) mass is 448 g/mol. The highest BCUT2D eigenvalue weighted by Crippen LogP contribution is 2.38. The van der Waals surface area contributed by atoms with Crippen LogP contribution in [0, 0.1) is 6.92 Å². The van der Waals surface area contributed by atoms with Gasteiger partial charge in [0.15, 0.2) is 0 Å². The fourth-order valence-corrected chi connectivity index (χ4v) is 7.41. The molecule has 0 unspecified atom stereocenters. The summed E-state index contributed by atoms with van der Waals surface area (Å²) in [6.45, 7) is 3.49. The number of hydrogen-bond acceptors (Lipinski definition) is 5. The molecule has 0 N–H and O–H groups in total. The maximum absolute atomic E-state index is 12.9. The number of aryl methyl sites for hydroxylation is 1. The second-order valence-corrected chi connectivity index (χ2v) is 11.7. The number of rotatable bonds is 3. The van der Waals surface area contributed by atoms with E-state index in [-0.39, 0.29) is 18.1 Å². The average Bonchev–Trinajstić information content (AvgIpc) is 3.36. The molecule has 0 aromatic carbocycles. The van der Waals surface area contributed by atoms with E-state index in [1.165, 1.54) is 11.3 Å². The normalized spacial score (nSPS) is 24.9. The molecule has 0 atom stereocenters. The first kappa shape index (κ1) is 17.9. The number of carbonyl (C=O) groups is 1. The van der Waals surface area contributed by atoms with Gasteiger partial charge in [-0.2, -0.15) is 4.31 Å². The van der Waals surface area contributed by atoms with Crippen molar-refractivity contribution in [3.63, 3.8) is 0 Å². The minimum absolute atomic E-state index is 0.0714. The van der Waals surface area contributed by atoms with Crippen LogP contribution in [0.3, 0.4) is 0 Å². The summed E-state index contributed by atoms with van der Waals surface area (Å²) in [5.74, 6) is 0.0714. The van der Waals surface area contributed by atoms with Crippen molar-refractivity contribution in [2.45, 2.75) is 48.5 Å². The van der Waals surface area contributed by atoms with Crippen LogP contribution in [-0.2, 0) is 19.6 Å². The van der Waals surface area contributed by atoms with Gasteiger partial charge < -0.3 is 9.64 Å². The number of ether oxygens (including phenoxy) is 1. The van der Waals surface area contributed by atoms with Crippen molar-refractivity contribution in [2.24, 2.45) is 0 Å². The number of amides is 1. The molecular formula is C16H21BrN2O4S2. The number of halogens is 1. The molecule has 0 bridgehead atoms. The summed E-state index contributed by atoms with van der Waals surface area (Å²) in [6.07, 6.45) is 3.42. The van der Waals surface area contributed by atoms with Crippen LogP contribution in [-0.4, -0.2) is 61.4 Å². The molecule has 3 fully saturated rings. The van der Waals surface area contributed by atoms with Crippen LogP contribution in [0.1, 0.15) is 31.2 Å². The summed E-state index contributed by atoms with van der Waals surface area (Å²) < 4.78 is 34.4. The fourth-order valence-electron chi connectivity index (χ4n) is 3.58. The van der Waals surface area contributed by atoms with Gasteiger partial charge in [0.1, 0.15) is 10.8 Å². The molecule has 1 saturated carbocycles. The third-order valence-corrected chi connectivity index (χ3v) is 9.82. The maximum atomic E-state index is 12.9. The smallest absolute Gasteiger partial charge is 0.252 e. The topological polar surface area (TPSA) is 66.9 Å². The molecule has 4 rings (SSSR count). The van der Waals surface area contributed by atoms with E-state index in [9.17, 15) is 13.2 Å². The molecule has 6 nitrogen and oxygen atoms in total. The van der Waals surface area contributed by atoms with Crippen LogP contribution in [0.2, 0.25) is 0 Å². The van der Waals surface area contributed by atoms with Gasteiger partial charge >= 0.3 is 0 Å². The molecule has 1 aliphatic carbocycles. The minimum atomic E-state index is -3.46. The molecule has 1 aromatic heterocycles. The van der Waals surface area contributed by atoms with Crippen molar-refractivity contribution in [1.29, 1.82) is 0 Å². The van der Waals surface area contributed by atoms with E-state index in [0.29, 0.717) is 42.7 Å². The Balaban J connectivity index is 1.46. The van der Waals surface area contributed by atoms with Gasteiger partial charge in [-0.1, -0.05) is 0 Å². The lowest BCUT2D eigenvalue weighted by Crippen LogP contribution is -2.59. The number of carbonyl (C=O) groups excluding carboxylic acids is 1. The standard InChI is InChI=1S/C16H21BrN2O4S2/c1-11-8-14(24-15(11)17)25(21,22)18-6-4-16(5-7-18)10-19(12-2-3-12)13(20)9-23-16/h8,12H,2-7,9-10H2,1H3. The van der Waals surface area contributed by atoms with Gasteiger partial charge in [-0.05, 0) is 60.2 Å². The molecule has 2 saturated heterocycles. The van der Waals surface area contributed by atoms with Crippen LogP contribution in [0.25, 0.3) is 0 Å². The van der Waals surface area contributed by atoms with Crippen LogP contribution in [0.5, 0.6) is 0 Å². The first-order valence-corrected chi connectivity index (χ1v) is 11.6. The van der Waals surface area contributed by atoms with Crippen molar-refractivity contribution in [3.05, 3.63) is 15.4 Å². The van der Waals surface area contributed by atoms with Gasteiger partial charge in [-0.25, -0.2) is 8.42 Å². The molecule has 138 valence electrons. The van der Waals surface area contributed by atoms with Crippen molar-refractivity contribution in [2.75, 3.05) is 26.2 Å². The molecule has 1 spiro atoms. The zero-order valence-electron chi connectivity index (χ0n) is 14.0. The Morgan fingerprint density at radius 2 is 2.00 bits per heavy atom. The fraction of sp³-hybridized carbons (Fsp3) is 0.688. The molecular weight excluding hydrogens is 428 g/mol. The number of hydrogen-bond donors (Lipinski definition) is 0. The maximum Gasteiger partial charge on any atom is 0.252 e. The summed E-state index contributed by atoms with van der Waals surface area (Å²) in [5.41, 5.74) is 0.556. The summed E-state index contributed by atoms with van der Waals surface area (Å²) >= 11 is 4.66. The third kappa shape index (κ3) is 3.29. The van der Waals surface area contributed by atoms with Gasteiger partial charge in [0.2, 0.25) is 5.91 Å². The molecule has 3 heterocycles. The summed E-state index contributed by atoms with van der Waals surface area (Å²) in [7, 11) is -3.46. The SMILES string of the molecule is Cc1cc(S(=O)(=O)N2CCC3(CC2)CN(C2CC2)C(=O)CO3)sc1Br. The number of thiophene rings is 1. The lowest BCUT2D eigenvalue weighted by Gasteiger charge is -2.46. The second kappa shape index (κ2) is 6.30. The molecule has 0 radical (unpaired) electrons. The molecule has 1 aromatic rings. The summed E-state index contributed by atoms with van der Waals surface area (Å²) in [4.78, 5) is 14.0. The summed E-state index contributed by atoms with van der Waals surface area (Å²) in [5, 5.41) is 0. The van der Waals surface area contributed by atoms with Gasteiger partial charge in [0, 0.05) is 19.1 Å². The van der Waals surface area contributed by atoms with E-state index in [2.05, 4.69) is 15.9 Å². The Hall–Kier alpha value is -0.480. The zero-order chi connectivity index (χ0) is 17.8. The quantitative estimate of drug-likeness (QED) is 0.711. The molecule has 25 heavy (non-hydrogen) atoms. The number of morpholine rings is 1. The number of sulfonamides is 1. The lowest BCUT2D eigenvalue weighted by molar-refractivity contribution is -0.170. The average molecular weight is 449 g/mol. The summed E-state index contributed by atoms with van der Waals surface area (Å²) in [6, 6.07) is 2.10. The Morgan fingerprint density at radius 3 is 2.56 bits per heavy atom. The van der Waals surface area contributed by atoms with Gasteiger partial charge in [0.05, 0.1) is 15.9 Å². The third-order valence-electron chi connectivity index (χ3n) is 5.33. The van der Waals surface area contributed by atoms with Crippen LogP contribution >= 0.6 is 27.3 Å². The Kier molecular flexibility index (Phi) is 4.51. The Bertz CT molecular complexity index is 776. The predicted molar refractivity (Wildman–Crippen MR) is 98.2 cm³/mol. The Labute approximate surface area is 160 Å². The predicted octanol–water partition coefficient (Wildman–Crippen LogP) is 2.36. The largest absolute Gasteiger partial charge is 0.363 e. The van der Waals surface area contributed by atoms with Gasteiger partial charge in [-0.3, -0.25) is 4.79 Å². The highest BCUT2D eigenvalue weighted by molar-refractivity contribution is 9.11. The minimum Gasteiger partial charge on any atom is -0.363 e. The van der Waals surface area contributed by atoms with Gasteiger partial charge in [-0.15, -0.1) is 11.3 Å². The van der Waals surface area contributed by atoms with E-state index in [1.54, 1.807) is 10.4 Å². The first-order chi connectivity index (χ1) is 11.8. The van der Waals surface area contributed by atoms with E-state index < -0.39 is 10.0 Å². The van der Waals surface area contributed by atoms with Crippen LogP contribution in [0.15, 0.2) is 14.1 Å². The highest BCUT2D eigenvalue weighted by Gasteiger charge is 2.47. The Morgan fingerprint density at radius 1 is 1.32 bits per heavy atom. The molecule has 9 heteroatoms.